The van der Waals surface area contributed by atoms with E-state index >= 15 is 0 Å². The second kappa shape index (κ2) is 5.79. The molecule has 0 aliphatic rings. The maximum atomic E-state index is 12.8. The topological polar surface area (TPSA) is 59.9 Å². The van der Waals surface area contributed by atoms with Gasteiger partial charge in [-0.25, -0.2) is 4.98 Å². The summed E-state index contributed by atoms with van der Waals surface area (Å²) in [4.78, 5) is 20.4. The molecule has 0 radical (unpaired) electrons. The van der Waals surface area contributed by atoms with Crippen molar-refractivity contribution in [1.82, 2.24) is 14.5 Å². The molecule has 0 amide bonds. The number of nitrogens with one attached hydrogen (secondary N) is 1. The monoisotopic (exact) mass is 383 g/mol. The van der Waals surface area contributed by atoms with Gasteiger partial charge in [0.15, 0.2) is 0 Å². The van der Waals surface area contributed by atoms with E-state index in [1.165, 1.54) is 0 Å². The highest BCUT2D eigenvalue weighted by atomic mass is 79.9. The number of nitrogens with zero attached hydrogens (tertiary/aromatic N) is 2. The summed E-state index contributed by atoms with van der Waals surface area (Å²) in [5, 5.41) is 0.938. The van der Waals surface area contributed by atoms with Crippen molar-refractivity contribution in [3.63, 3.8) is 0 Å². The summed E-state index contributed by atoms with van der Waals surface area (Å²) in [7, 11) is 1.63. The second-order valence-corrected chi connectivity index (χ2v) is 6.48. The van der Waals surface area contributed by atoms with Crippen LogP contribution in [0.25, 0.3) is 21.9 Å². The van der Waals surface area contributed by atoms with Crippen molar-refractivity contribution >= 4 is 37.9 Å². The summed E-state index contributed by atoms with van der Waals surface area (Å²) in [5.74, 6) is 0.792. The molecule has 2 aromatic carbocycles. The van der Waals surface area contributed by atoms with Crippen LogP contribution in [0.3, 0.4) is 0 Å². The fourth-order valence-corrected chi connectivity index (χ4v) is 3.16. The molecule has 0 spiro atoms. The van der Waals surface area contributed by atoms with Gasteiger partial charge in [0.05, 0.1) is 20.0 Å². The van der Waals surface area contributed by atoms with E-state index in [4.69, 9.17) is 4.74 Å². The molecule has 0 unspecified atom stereocenters. The van der Waals surface area contributed by atoms with Crippen LogP contribution in [0.15, 0.2) is 58.1 Å². The number of H-pyrrole nitrogens is 1. The lowest BCUT2D eigenvalue weighted by Crippen LogP contribution is -2.21. The molecular weight excluding hydrogens is 370 g/mol. The third-order valence-electron chi connectivity index (χ3n) is 4.05. The van der Waals surface area contributed by atoms with Crippen LogP contribution < -0.4 is 10.3 Å². The van der Waals surface area contributed by atoms with E-state index < -0.39 is 0 Å². The van der Waals surface area contributed by atoms with E-state index in [9.17, 15) is 4.79 Å². The summed E-state index contributed by atoms with van der Waals surface area (Å²) in [6.07, 6.45) is 1.60. The van der Waals surface area contributed by atoms with Crippen LogP contribution in [0.2, 0.25) is 0 Å². The molecule has 2 aromatic heterocycles. The first kappa shape index (κ1) is 15.0. The van der Waals surface area contributed by atoms with Gasteiger partial charge in [0, 0.05) is 15.4 Å². The number of rotatable bonds is 3. The number of fused-ring (bicyclic) bond motifs is 3. The molecule has 0 aliphatic carbocycles. The molecule has 0 atom stereocenters. The maximum Gasteiger partial charge on any atom is 0.277 e. The summed E-state index contributed by atoms with van der Waals surface area (Å²) < 4.78 is 7.72. The first-order valence-electron chi connectivity index (χ1n) is 7.45. The Kier molecular flexibility index (Phi) is 3.61. The van der Waals surface area contributed by atoms with E-state index in [1.807, 2.05) is 42.5 Å². The van der Waals surface area contributed by atoms with Gasteiger partial charge in [0.1, 0.15) is 16.8 Å². The second-order valence-electron chi connectivity index (χ2n) is 5.56. The van der Waals surface area contributed by atoms with Crippen LogP contribution in [-0.2, 0) is 6.54 Å². The van der Waals surface area contributed by atoms with Gasteiger partial charge >= 0.3 is 0 Å². The number of ether oxygens (including phenoxy) is 1. The molecule has 24 heavy (non-hydrogen) atoms. The molecule has 4 rings (SSSR count). The summed E-state index contributed by atoms with van der Waals surface area (Å²) >= 11 is 3.46. The van der Waals surface area contributed by atoms with Gasteiger partial charge in [-0.2, -0.15) is 0 Å². The number of hydrogen-bond donors (Lipinski definition) is 1. The first-order chi connectivity index (χ1) is 11.7. The third-order valence-corrected chi connectivity index (χ3v) is 4.54. The standard InChI is InChI=1S/C18H14BrN3O2/c1-24-13-5-2-11(3-6-13)9-22-10-20-16-14-8-12(19)4-7-15(14)21-17(16)18(22)23/h2-8,10,21H,9H2,1H3. The van der Waals surface area contributed by atoms with E-state index in [1.54, 1.807) is 18.0 Å². The number of halogens is 1. The zero-order chi connectivity index (χ0) is 16.7. The van der Waals surface area contributed by atoms with Gasteiger partial charge in [-0.1, -0.05) is 28.1 Å². The minimum Gasteiger partial charge on any atom is -0.497 e. The van der Waals surface area contributed by atoms with Crippen molar-refractivity contribution in [1.29, 1.82) is 0 Å². The highest BCUT2D eigenvalue weighted by Gasteiger charge is 2.11. The van der Waals surface area contributed by atoms with Crippen LogP contribution >= 0.6 is 15.9 Å². The Balaban J connectivity index is 1.80. The Morgan fingerprint density at radius 2 is 2.00 bits per heavy atom. The Bertz CT molecular complexity index is 1100. The molecule has 1 N–H and O–H groups in total. The predicted octanol–water partition coefficient (Wildman–Crippen LogP) is 3.70. The van der Waals surface area contributed by atoms with Gasteiger partial charge in [0.25, 0.3) is 5.56 Å². The number of aromatic nitrogens is 3. The maximum absolute atomic E-state index is 12.8. The van der Waals surface area contributed by atoms with E-state index in [0.717, 1.165) is 26.7 Å². The summed E-state index contributed by atoms with van der Waals surface area (Å²) in [5.41, 5.74) is 3.06. The van der Waals surface area contributed by atoms with Crippen molar-refractivity contribution in [2.24, 2.45) is 0 Å². The molecule has 2 heterocycles. The Morgan fingerprint density at radius 1 is 1.21 bits per heavy atom. The third kappa shape index (κ3) is 2.49. The Labute approximate surface area is 146 Å². The Hall–Kier alpha value is -2.60. The lowest BCUT2D eigenvalue weighted by atomic mass is 10.2. The highest BCUT2D eigenvalue weighted by molar-refractivity contribution is 9.10. The van der Waals surface area contributed by atoms with Crippen LogP contribution in [0, 0.1) is 0 Å². The van der Waals surface area contributed by atoms with E-state index in [2.05, 4.69) is 25.9 Å². The van der Waals surface area contributed by atoms with E-state index in [0.29, 0.717) is 17.6 Å². The molecule has 0 saturated carbocycles. The van der Waals surface area contributed by atoms with Gasteiger partial charge in [-0.05, 0) is 35.9 Å². The average Bonchev–Trinajstić information content (AvgIpc) is 2.97. The molecule has 0 aliphatic heterocycles. The van der Waals surface area contributed by atoms with Crippen molar-refractivity contribution in [2.45, 2.75) is 6.54 Å². The molecule has 0 saturated heterocycles. The van der Waals surface area contributed by atoms with Crippen molar-refractivity contribution in [3.8, 4) is 5.75 Å². The average molecular weight is 384 g/mol. The highest BCUT2D eigenvalue weighted by Crippen LogP contribution is 2.24. The van der Waals surface area contributed by atoms with Crippen LogP contribution in [0.1, 0.15) is 5.56 Å². The molecular formula is C18H14BrN3O2. The minimum absolute atomic E-state index is 0.0804. The number of benzene rings is 2. The van der Waals surface area contributed by atoms with Gasteiger partial charge in [-0.15, -0.1) is 0 Å². The SMILES string of the molecule is COc1ccc(Cn2cnc3c([nH]c4ccc(Br)cc43)c2=O)cc1. The number of aromatic amines is 1. The van der Waals surface area contributed by atoms with Crippen LogP contribution in [0.4, 0.5) is 0 Å². The predicted molar refractivity (Wildman–Crippen MR) is 97.7 cm³/mol. The van der Waals surface area contributed by atoms with Crippen molar-refractivity contribution < 1.29 is 4.74 Å². The van der Waals surface area contributed by atoms with Crippen molar-refractivity contribution in [3.05, 3.63) is 69.2 Å². The van der Waals surface area contributed by atoms with Gasteiger partial charge in [-0.3, -0.25) is 9.36 Å². The van der Waals surface area contributed by atoms with Gasteiger partial charge in [0.2, 0.25) is 0 Å². The zero-order valence-electron chi connectivity index (χ0n) is 12.9. The van der Waals surface area contributed by atoms with Crippen LogP contribution in [-0.4, -0.2) is 21.6 Å². The molecule has 120 valence electrons. The minimum atomic E-state index is -0.0804. The van der Waals surface area contributed by atoms with E-state index in [-0.39, 0.29) is 5.56 Å². The zero-order valence-corrected chi connectivity index (χ0v) is 14.5. The molecule has 0 fully saturated rings. The fraction of sp³-hybridized carbons (Fsp3) is 0.111. The van der Waals surface area contributed by atoms with Gasteiger partial charge < -0.3 is 9.72 Å². The quantitative estimate of drug-likeness (QED) is 0.586. The lowest BCUT2D eigenvalue weighted by Gasteiger charge is -2.06. The molecule has 4 aromatic rings. The molecule has 6 heteroatoms. The largest absolute Gasteiger partial charge is 0.497 e. The summed E-state index contributed by atoms with van der Waals surface area (Å²) in [6.45, 7) is 0.463. The number of methoxy groups -OCH3 is 1. The number of hydrogen-bond acceptors (Lipinski definition) is 3. The first-order valence-corrected chi connectivity index (χ1v) is 8.24. The van der Waals surface area contributed by atoms with Crippen molar-refractivity contribution in [2.75, 3.05) is 7.11 Å². The molecule has 0 bridgehead atoms. The Morgan fingerprint density at radius 3 is 2.75 bits per heavy atom. The normalized spacial score (nSPS) is 11.2. The lowest BCUT2D eigenvalue weighted by molar-refractivity contribution is 0.414. The molecule has 5 nitrogen and oxygen atoms in total. The summed E-state index contributed by atoms with van der Waals surface area (Å²) in [6, 6.07) is 13.5. The fourth-order valence-electron chi connectivity index (χ4n) is 2.80. The van der Waals surface area contributed by atoms with Crippen LogP contribution in [0.5, 0.6) is 5.75 Å². The smallest absolute Gasteiger partial charge is 0.277 e.